The van der Waals surface area contributed by atoms with Crippen LogP contribution in [0.15, 0.2) is 10.9 Å². The minimum absolute atomic E-state index is 0. The summed E-state index contributed by atoms with van der Waals surface area (Å²) >= 11 is 1.56. The molecule has 0 saturated carbocycles. The van der Waals surface area contributed by atoms with Crippen molar-refractivity contribution in [2.75, 3.05) is 13.6 Å². The summed E-state index contributed by atoms with van der Waals surface area (Å²) in [6.45, 7) is 2.70. The fraction of sp³-hybridized carbons (Fsp3) is 0.600. The minimum atomic E-state index is 0. The standard InChI is InChI=1S/C10H17N3OS.2ClH/c1-8(11-2)5-12-10(14)4-3-9-6-15-7-13-9;;/h6-8,11H,3-5H2,1-2H3,(H,12,14);2*1H. The van der Waals surface area contributed by atoms with Gasteiger partial charge in [-0.3, -0.25) is 4.79 Å². The van der Waals surface area contributed by atoms with E-state index in [-0.39, 0.29) is 30.7 Å². The third kappa shape index (κ3) is 8.37. The highest BCUT2D eigenvalue weighted by Crippen LogP contribution is 2.03. The zero-order chi connectivity index (χ0) is 11.1. The molecule has 1 amide bonds. The Kier molecular flexibility index (Phi) is 12.0. The molecule has 0 aliphatic carbocycles. The van der Waals surface area contributed by atoms with E-state index in [0.29, 0.717) is 19.0 Å². The SMILES string of the molecule is CNC(C)CNC(=O)CCc1cscn1.Cl.Cl. The van der Waals surface area contributed by atoms with E-state index in [0.717, 1.165) is 12.1 Å². The number of carbonyl (C=O) groups excluding carboxylic acids is 1. The highest BCUT2D eigenvalue weighted by molar-refractivity contribution is 7.07. The summed E-state index contributed by atoms with van der Waals surface area (Å²) in [4.78, 5) is 15.5. The summed E-state index contributed by atoms with van der Waals surface area (Å²) < 4.78 is 0. The number of nitrogens with zero attached hydrogens (tertiary/aromatic N) is 1. The molecule has 1 aromatic rings. The van der Waals surface area contributed by atoms with Crippen molar-refractivity contribution in [2.24, 2.45) is 0 Å². The molecule has 0 radical (unpaired) electrons. The molecular formula is C10H19Cl2N3OS. The third-order valence-electron chi connectivity index (χ3n) is 2.19. The van der Waals surface area contributed by atoms with Crippen LogP contribution in [0.25, 0.3) is 0 Å². The van der Waals surface area contributed by atoms with Crippen LogP contribution in [-0.4, -0.2) is 30.5 Å². The van der Waals surface area contributed by atoms with Crippen molar-refractivity contribution < 1.29 is 4.79 Å². The smallest absolute Gasteiger partial charge is 0.220 e. The van der Waals surface area contributed by atoms with Crippen LogP contribution in [0.1, 0.15) is 19.0 Å². The van der Waals surface area contributed by atoms with Crippen LogP contribution in [0.4, 0.5) is 0 Å². The van der Waals surface area contributed by atoms with Crippen molar-refractivity contribution in [2.45, 2.75) is 25.8 Å². The van der Waals surface area contributed by atoms with Crippen LogP contribution >= 0.6 is 36.2 Å². The normalized spacial score (nSPS) is 10.9. The molecule has 0 spiro atoms. The summed E-state index contributed by atoms with van der Waals surface area (Å²) in [5.41, 5.74) is 2.79. The molecular weight excluding hydrogens is 281 g/mol. The van der Waals surface area contributed by atoms with Gasteiger partial charge in [0.05, 0.1) is 11.2 Å². The van der Waals surface area contributed by atoms with Crippen LogP contribution in [0.5, 0.6) is 0 Å². The maximum Gasteiger partial charge on any atom is 0.220 e. The van der Waals surface area contributed by atoms with Crippen molar-refractivity contribution in [1.29, 1.82) is 0 Å². The highest BCUT2D eigenvalue weighted by Gasteiger charge is 2.04. The van der Waals surface area contributed by atoms with Crippen molar-refractivity contribution in [3.05, 3.63) is 16.6 Å². The molecule has 7 heteroatoms. The number of hydrogen-bond acceptors (Lipinski definition) is 4. The van der Waals surface area contributed by atoms with Crippen molar-refractivity contribution >= 4 is 42.1 Å². The van der Waals surface area contributed by atoms with E-state index in [1.165, 1.54) is 0 Å². The van der Waals surface area contributed by atoms with Crippen molar-refractivity contribution in [3.63, 3.8) is 0 Å². The first-order valence-corrected chi connectivity index (χ1v) is 5.97. The molecule has 0 saturated heterocycles. The Morgan fingerprint density at radius 2 is 2.24 bits per heavy atom. The average molecular weight is 300 g/mol. The van der Waals surface area contributed by atoms with E-state index < -0.39 is 0 Å². The third-order valence-corrected chi connectivity index (χ3v) is 2.83. The van der Waals surface area contributed by atoms with Crippen molar-refractivity contribution in [3.8, 4) is 0 Å². The average Bonchev–Trinajstić information content (AvgIpc) is 2.75. The highest BCUT2D eigenvalue weighted by atomic mass is 35.5. The summed E-state index contributed by atoms with van der Waals surface area (Å²) in [6.07, 6.45) is 1.24. The molecule has 17 heavy (non-hydrogen) atoms. The second-order valence-corrected chi connectivity index (χ2v) is 4.19. The number of hydrogen-bond donors (Lipinski definition) is 2. The van der Waals surface area contributed by atoms with E-state index in [1.54, 1.807) is 16.8 Å². The maximum absolute atomic E-state index is 11.4. The Bertz CT molecular complexity index is 296. The molecule has 1 unspecified atom stereocenters. The topological polar surface area (TPSA) is 54.0 Å². The zero-order valence-corrected chi connectivity index (χ0v) is 12.4. The number of aromatic nitrogens is 1. The first kappa shape index (κ1) is 19.0. The van der Waals surface area contributed by atoms with Crippen LogP contribution in [-0.2, 0) is 11.2 Å². The Balaban J connectivity index is 0. The van der Waals surface area contributed by atoms with Gasteiger partial charge >= 0.3 is 0 Å². The van der Waals surface area contributed by atoms with Crippen LogP contribution in [0.2, 0.25) is 0 Å². The molecule has 1 rings (SSSR count). The van der Waals surface area contributed by atoms with E-state index in [4.69, 9.17) is 0 Å². The molecule has 100 valence electrons. The monoisotopic (exact) mass is 299 g/mol. The first-order valence-electron chi connectivity index (χ1n) is 5.03. The van der Waals surface area contributed by atoms with E-state index >= 15 is 0 Å². The summed E-state index contributed by atoms with van der Waals surface area (Å²) in [6, 6.07) is 0.313. The van der Waals surface area contributed by atoms with E-state index in [2.05, 4.69) is 15.6 Å². The molecule has 0 bridgehead atoms. The molecule has 0 aliphatic rings. The quantitative estimate of drug-likeness (QED) is 0.840. The largest absolute Gasteiger partial charge is 0.355 e. The molecule has 0 aliphatic heterocycles. The maximum atomic E-state index is 11.4. The summed E-state index contributed by atoms with van der Waals surface area (Å²) in [5.74, 6) is 0.0881. The van der Waals surface area contributed by atoms with E-state index in [1.807, 2.05) is 19.4 Å². The van der Waals surface area contributed by atoms with Crippen LogP contribution in [0, 0.1) is 0 Å². The lowest BCUT2D eigenvalue weighted by Crippen LogP contribution is -2.37. The minimum Gasteiger partial charge on any atom is -0.355 e. The summed E-state index contributed by atoms with van der Waals surface area (Å²) in [5, 5.41) is 7.91. The van der Waals surface area contributed by atoms with Gasteiger partial charge in [-0.1, -0.05) is 0 Å². The lowest BCUT2D eigenvalue weighted by molar-refractivity contribution is -0.121. The van der Waals surface area contributed by atoms with E-state index in [9.17, 15) is 4.79 Å². The fourth-order valence-electron chi connectivity index (χ4n) is 1.06. The molecule has 0 aromatic carbocycles. The van der Waals surface area contributed by atoms with Gasteiger partial charge in [-0.15, -0.1) is 36.2 Å². The summed E-state index contributed by atoms with van der Waals surface area (Å²) in [7, 11) is 1.88. The molecule has 0 fully saturated rings. The number of carbonyl (C=O) groups is 1. The molecule has 2 N–H and O–H groups in total. The number of amides is 1. The Morgan fingerprint density at radius 3 is 2.76 bits per heavy atom. The van der Waals surface area contributed by atoms with Gasteiger partial charge in [0.15, 0.2) is 0 Å². The van der Waals surface area contributed by atoms with Crippen molar-refractivity contribution in [1.82, 2.24) is 15.6 Å². The van der Waals surface area contributed by atoms with Crippen LogP contribution in [0.3, 0.4) is 0 Å². The predicted octanol–water partition coefficient (Wildman–Crippen LogP) is 1.64. The molecule has 1 heterocycles. The Hall–Kier alpha value is -0.360. The van der Waals surface area contributed by atoms with Gasteiger partial charge in [0.1, 0.15) is 0 Å². The number of rotatable bonds is 6. The lowest BCUT2D eigenvalue weighted by atomic mass is 10.2. The molecule has 4 nitrogen and oxygen atoms in total. The van der Waals surface area contributed by atoms with Gasteiger partial charge in [-0.05, 0) is 20.4 Å². The number of nitrogens with one attached hydrogen (secondary N) is 2. The lowest BCUT2D eigenvalue weighted by Gasteiger charge is -2.10. The number of thiazole rings is 1. The van der Waals surface area contributed by atoms with Gasteiger partial charge in [-0.2, -0.15) is 0 Å². The zero-order valence-electron chi connectivity index (χ0n) is 9.93. The predicted molar refractivity (Wildman–Crippen MR) is 76.5 cm³/mol. The fourth-order valence-corrected chi connectivity index (χ4v) is 1.65. The Labute approximate surface area is 118 Å². The van der Waals surface area contributed by atoms with Gasteiger partial charge in [0, 0.05) is 24.4 Å². The molecule has 1 aromatic heterocycles. The van der Waals surface area contributed by atoms with Gasteiger partial charge in [0.25, 0.3) is 0 Å². The number of halogens is 2. The first-order chi connectivity index (χ1) is 7.22. The second-order valence-electron chi connectivity index (χ2n) is 3.47. The number of aryl methyl sites for hydroxylation is 1. The molecule has 1 atom stereocenters. The van der Waals surface area contributed by atoms with Crippen LogP contribution < -0.4 is 10.6 Å². The van der Waals surface area contributed by atoms with Gasteiger partial charge in [-0.25, -0.2) is 4.98 Å². The number of likely N-dealkylation sites (N-methyl/N-ethyl adjacent to an activating group) is 1. The Morgan fingerprint density at radius 1 is 1.53 bits per heavy atom. The van der Waals surface area contributed by atoms with Gasteiger partial charge in [0.2, 0.25) is 5.91 Å². The second kappa shape index (κ2) is 10.8. The van der Waals surface area contributed by atoms with Gasteiger partial charge < -0.3 is 10.6 Å².